The Bertz CT molecular complexity index is 435. The van der Waals surface area contributed by atoms with E-state index < -0.39 is 6.10 Å². The van der Waals surface area contributed by atoms with Gasteiger partial charge in [-0.25, -0.2) is 5.06 Å². The number of β-amino-alcohol motifs (C(OH)–C–C–N with tert-alkyl or cyclic N) is 1. The molecule has 6 nitrogen and oxygen atoms in total. The SMILES string of the molecule is O=C(NCC(=O)N1C[C@@H](O)CO1)c1ccccc1. The number of amides is 2. The average Bonchev–Trinajstić information content (AvgIpc) is 2.83. The monoisotopic (exact) mass is 250 g/mol. The summed E-state index contributed by atoms with van der Waals surface area (Å²) in [6.07, 6.45) is -0.654. The maximum Gasteiger partial charge on any atom is 0.265 e. The van der Waals surface area contributed by atoms with Crippen LogP contribution in [-0.4, -0.2) is 47.8 Å². The van der Waals surface area contributed by atoms with Crippen LogP contribution in [0.25, 0.3) is 0 Å². The number of nitrogens with one attached hydrogen (secondary N) is 1. The van der Waals surface area contributed by atoms with Crippen molar-refractivity contribution in [3.05, 3.63) is 35.9 Å². The van der Waals surface area contributed by atoms with Gasteiger partial charge in [-0.3, -0.25) is 14.4 Å². The van der Waals surface area contributed by atoms with Crippen LogP contribution < -0.4 is 5.32 Å². The number of carbonyl (C=O) groups is 2. The Morgan fingerprint density at radius 1 is 1.39 bits per heavy atom. The van der Waals surface area contributed by atoms with E-state index in [1.165, 1.54) is 0 Å². The molecule has 18 heavy (non-hydrogen) atoms. The quantitative estimate of drug-likeness (QED) is 0.761. The van der Waals surface area contributed by atoms with Crippen LogP contribution in [0, 0.1) is 0 Å². The van der Waals surface area contributed by atoms with E-state index in [1.807, 2.05) is 0 Å². The second kappa shape index (κ2) is 5.61. The normalized spacial score (nSPS) is 18.7. The molecule has 0 spiro atoms. The standard InChI is InChI=1S/C12H14N2O4/c15-10-7-14(18-8-10)11(16)6-13-12(17)9-4-2-1-3-5-9/h1-5,10,15H,6-8H2,(H,13,17)/t10-/m1/s1. The van der Waals surface area contributed by atoms with Gasteiger partial charge in [0.25, 0.3) is 11.8 Å². The zero-order valence-electron chi connectivity index (χ0n) is 9.70. The smallest absolute Gasteiger partial charge is 0.265 e. The van der Waals surface area contributed by atoms with Crippen molar-refractivity contribution < 1.29 is 19.5 Å². The molecule has 96 valence electrons. The van der Waals surface area contributed by atoms with Crippen molar-refractivity contribution >= 4 is 11.8 Å². The van der Waals surface area contributed by atoms with Gasteiger partial charge in [-0.15, -0.1) is 0 Å². The predicted molar refractivity (Wildman–Crippen MR) is 62.4 cm³/mol. The highest BCUT2D eigenvalue weighted by Gasteiger charge is 2.26. The van der Waals surface area contributed by atoms with Gasteiger partial charge < -0.3 is 10.4 Å². The molecule has 0 radical (unpaired) electrons. The zero-order valence-corrected chi connectivity index (χ0v) is 9.70. The molecule has 6 heteroatoms. The van der Waals surface area contributed by atoms with E-state index >= 15 is 0 Å². The highest BCUT2D eigenvalue weighted by Crippen LogP contribution is 2.05. The number of aliphatic hydroxyl groups is 1. The van der Waals surface area contributed by atoms with Crippen LogP contribution in [0.3, 0.4) is 0 Å². The summed E-state index contributed by atoms with van der Waals surface area (Å²) >= 11 is 0. The molecule has 0 bridgehead atoms. The lowest BCUT2D eigenvalue weighted by atomic mass is 10.2. The highest BCUT2D eigenvalue weighted by atomic mass is 16.7. The molecule has 2 amide bonds. The van der Waals surface area contributed by atoms with Crippen LogP contribution in [0.15, 0.2) is 30.3 Å². The third-order valence-electron chi connectivity index (χ3n) is 2.51. The molecule has 1 aliphatic heterocycles. The maximum atomic E-state index is 11.7. The first-order valence-corrected chi connectivity index (χ1v) is 5.61. The lowest BCUT2D eigenvalue weighted by Gasteiger charge is -2.13. The average molecular weight is 250 g/mol. The van der Waals surface area contributed by atoms with Crippen molar-refractivity contribution in [1.82, 2.24) is 10.4 Å². The number of benzene rings is 1. The second-order valence-corrected chi connectivity index (χ2v) is 3.95. The topological polar surface area (TPSA) is 78.9 Å². The number of rotatable bonds is 3. The van der Waals surface area contributed by atoms with Crippen LogP contribution in [0.5, 0.6) is 0 Å². The molecular formula is C12H14N2O4. The summed E-state index contributed by atoms with van der Waals surface area (Å²) in [6, 6.07) is 8.63. The van der Waals surface area contributed by atoms with E-state index in [-0.39, 0.29) is 31.5 Å². The molecule has 1 aromatic rings. The molecule has 1 heterocycles. The van der Waals surface area contributed by atoms with Gasteiger partial charge >= 0.3 is 0 Å². The van der Waals surface area contributed by atoms with Crippen molar-refractivity contribution in [2.45, 2.75) is 6.10 Å². The van der Waals surface area contributed by atoms with Crippen molar-refractivity contribution in [1.29, 1.82) is 0 Å². The van der Waals surface area contributed by atoms with Gasteiger partial charge in [0.05, 0.1) is 19.2 Å². The first kappa shape index (κ1) is 12.5. The fourth-order valence-electron chi connectivity index (χ4n) is 1.58. The molecule has 0 aromatic heterocycles. The molecular weight excluding hydrogens is 236 g/mol. The fraction of sp³-hybridized carbons (Fsp3) is 0.333. The summed E-state index contributed by atoms with van der Waals surface area (Å²) in [5, 5.41) is 12.8. The van der Waals surface area contributed by atoms with Gasteiger partial charge in [0, 0.05) is 5.56 Å². The molecule has 0 aliphatic carbocycles. The van der Waals surface area contributed by atoms with E-state index in [0.717, 1.165) is 5.06 Å². The minimum Gasteiger partial charge on any atom is -0.389 e. The number of hydrogen-bond acceptors (Lipinski definition) is 4. The van der Waals surface area contributed by atoms with Crippen LogP contribution in [0.1, 0.15) is 10.4 Å². The Morgan fingerprint density at radius 2 is 2.11 bits per heavy atom. The largest absolute Gasteiger partial charge is 0.389 e. The van der Waals surface area contributed by atoms with Gasteiger partial charge in [0.1, 0.15) is 6.61 Å². The van der Waals surface area contributed by atoms with Gasteiger partial charge in [-0.2, -0.15) is 0 Å². The fourth-order valence-corrected chi connectivity index (χ4v) is 1.58. The zero-order chi connectivity index (χ0) is 13.0. The molecule has 1 fully saturated rings. The first-order valence-electron chi connectivity index (χ1n) is 5.61. The maximum absolute atomic E-state index is 11.7. The van der Waals surface area contributed by atoms with Crippen LogP contribution >= 0.6 is 0 Å². The van der Waals surface area contributed by atoms with Gasteiger partial charge in [-0.1, -0.05) is 18.2 Å². The van der Waals surface area contributed by atoms with Crippen molar-refractivity contribution in [3.8, 4) is 0 Å². The van der Waals surface area contributed by atoms with E-state index in [4.69, 9.17) is 4.84 Å². The summed E-state index contributed by atoms with van der Waals surface area (Å²) in [7, 11) is 0. The number of nitrogens with zero attached hydrogens (tertiary/aromatic N) is 1. The first-order chi connectivity index (χ1) is 8.66. The molecule has 1 aliphatic rings. The Morgan fingerprint density at radius 3 is 2.72 bits per heavy atom. The van der Waals surface area contributed by atoms with E-state index in [9.17, 15) is 14.7 Å². The summed E-state index contributed by atoms with van der Waals surface area (Å²) in [6.45, 7) is 0.0961. The number of hydroxylamine groups is 2. The number of carbonyl (C=O) groups excluding carboxylic acids is 2. The summed E-state index contributed by atoms with van der Waals surface area (Å²) in [5.74, 6) is -0.695. The third kappa shape index (κ3) is 3.06. The Balaban J connectivity index is 1.81. The van der Waals surface area contributed by atoms with E-state index in [2.05, 4.69) is 5.32 Å². The van der Waals surface area contributed by atoms with Gasteiger partial charge in [0.15, 0.2) is 0 Å². The third-order valence-corrected chi connectivity index (χ3v) is 2.51. The Kier molecular flexibility index (Phi) is 3.91. The van der Waals surface area contributed by atoms with Crippen LogP contribution in [0.2, 0.25) is 0 Å². The molecule has 1 saturated heterocycles. The summed E-state index contributed by atoms with van der Waals surface area (Å²) in [4.78, 5) is 28.2. The van der Waals surface area contributed by atoms with Crippen molar-refractivity contribution in [2.24, 2.45) is 0 Å². The lowest BCUT2D eigenvalue weighted by molar-refractivity contribution is -0.167. The summed E-state index contributed by atoms with van der Waals surface area (Å²) in [5.41, 5.74) is 0.493. The number of hydrogen-bond donors (Lipinski definition) is 2. The van der Waals surface area contributed by atoms with Crippen molar-refractivity contribution in [3.63, 3.8) is 0 Å². The molecule has 1 aromatic carbocycles. The molecule has 0 unspecified atom stereocenters. The molecule has 2 rings (SSSR count). The lowest BCUT2D eigenvalue weighted by Crippen LogP contribution is -2.38. The van der Waals surface area contributed by atoms with Gasteiger partial charge in [0.2, 0.25) is 0 Å². The molecule has 2 N–H and O–H groups in total. The minimum atomic E-state index is -0.654. The second-order valence-electron chi connectivity index (χ2n) is 3.95. The minimum absolute atomic E-state index is 0.109. The van der Waals surface area contributed by atoms with E-state index in [1.54, 1.807) is 30.3 Å². The van der Waals surface area contributed by atoms with Crippen molar-refractivity contribution in [2.75, 3.05) is 19.7 Å². The Hall–Kier alpha value is -1.92. The van der Waals surface area contributed by atoms with E-state index in [0.29, 0.717) is 5.56 Å². The Labute approximate surface area is 104 Å². The van der Waals surface area contributed by atoms with Crippen LogP contribution in [-0.2, 0) is 9.63 Å². The summed E-state index contributed by atoms with van der Waals surface area (Å²) < 4.78 is 0. The van der Waals surface area contributed by atoms with Gasteiger partial charge in [-0.05, 0) is 12.1 Å². The highest BCUT2D eigenvalue weighted by molar-refractivity contribution is 5.96. The predicted octanol–water partition coefficient (Wildman–Crippen LogP) is -0.449. The number of aliphatic hydroxyl groups excluding tert-OH is 1. The molecule has 1 atom stereocenters. The molecule has 0 saturated carbocycles. The van der Waals surface area contributed by atoms with Crippen LogP contribution in [0.4, 0.5) is 0 Å².